The Balaban J connectivity index is 1.54. The molecule has 0 aromatic heterocycles. The molecule has 4 fully saturated rings. The largest absolute Gasteiger partial charge is 0.289 e. The van der Waals surface area contributed by atoms with Gasteiger partial charge >= 0.3 is 0 Å². The molecule has 0 unspecified atom stereocenters. The highest BCUT2D eigenvalue weighted by molar-refractivity contribution is 7.89. The van der Waals surface area contributed by atoms with Crippen molar-refractivity contribution in [3.63, 3.8) is 0 Å². The number of para-hydroxylation sites is 1. The van der Waals surface area contributed by atoms with Crippen LogP contribution in [0.25, 0.3) is 0 Å². The number of hydrogen-bond acceptors (Lipinski definition) is 4. The van der Waals surface area contributed by atoms with Gasteiger partial charge in [0, 0.05) is 12.6 Å². The molecule has 0 atom stereocenters. The van der Waals surface area contributed by atoms with E-state index in [1.54, 1.807) is 0 Å². The molecule has 5 rings (SSSR count). The van der Waals surface area contributed by atoms with Gasteiger partial charge in [-0.1, -0.05) is 12.1 Å². The first-order valence-corrected chi connectivity index (χ1v) is 10.1. The van der Waals surface area contributed by atoms with E-state index < -0.39 is 14.9 Å². The molecule has 4 bridgehead atoms. The SMILES string of the molecule is O=[N+]([O-])c1ccccc1S(=O)(=O)NCC12CC3CC(CC(C3)C1)C2. The van der Waals surface area contributed by atoms with Crippen molar-refractivity contribution in [2.45, 2.75) is 43.4 Å². The van der Waals surface area contributed by atoms with Crippen LogP contribution in [-0.2, 0) is 10.0 Å². The molecule has 1 N–H and O–H groups in total. The van der Waals surface area contributed by atoms with E-state index in [-0.39, 0.29) is 16.0 Å². The van der Waals surface area contributed by atoms with Crippen LogP contribution in [-0.4, -0.2) is 19.9 Å². The molecular weight excluding hydrogens is 328 g/mol. The van der Waals surface area contributed by atoms with Crippen molar-refractivity contribution in [1.29, 1.82) is 0 Å². The van der Waals surface area contributed by atoms with Gasteiger partial charge in [-0.15, -0.1) is 0 Å². The highest BCUT2D eigenvalue weighted by Crippen LogP contribution is 2.59. The van der Waals surface area contributed by atoms with E-state index in [9.17, 15) is 18.5 Å². The number of nitro benzene ring substituents is 1. The summed E-state index contributed by atoms with van der Waals surface area (Å²) in [5.74, 6) is 2.23. The fraction of sp³-hybridized carbons (Fsp3) is 0.647. The highest BCUT2D eigenvalue weighted by atomic mass is 32.2. The molecule has 0 saturated heterocycles. The maximum absolute atomic E-state index is 12.6. The van der Waals surface area contributed by atoms with Crippen LogP contribution in [0.5, 0.6) is 0 Å². The summed E-state index contributed by atoms with van der Waals surface area (Å²) in [6, 6.07) is 5.54. The van der Waals surface area contributed by atoms with E-state index in [2.05, 4.69) is 4.72 Å². The van der Waals surface area contributed by atoms with Crippen molar-refractivity contribution in [1.82, 2.24) is 4.72 Å². The Kier molecular flexibility index (Phi) is 3.69. The van der Waals surface area contributed by atoms with Crippen molar-refractivity contribution >= 4 is 15.7 Å². The molecule has 1 aromatic carbocycles. The van der Waals surface area contributed by atoms with Gasteiger partial charge in [0.1, 0.15) is 0 Å². The predicted octanol–water partition coefficient (Wildman–Crippen LogP) is 3.09. The lowest BCUT2D eigenvalue weighted by Gasteiger charge is -2.56. The third kappa shape index (κ3) is 2.73. The van der Waals surface area contributed by atoms with E-state index in [0.717, 1.165) is 37.0 Å². The van der Waals surface area contributed by atoms with Crippen LogP contribution in [0.2, 0.25) is 0 Å². The lowest BCUT2D eigenvalue weighted by Crippen LogP contribution is -2.51. The maximum Gasteiger partial charge on any atom is 0.289 e. The number of hydrogen-bond donors (Lipinski definition) is 1. The first-order chi connectivity index (χ1) is 11.4. The summed E-state index contributed by atoms with van der Waals surface area (Å²) in [6.45, 7) is 0.408. The van der Waals surface area contributed by atoms with Crippen molar-refractivity contribution in [3.05, 3.63) is 34.4 Å². The van der Waals surface area contributed by atoms with Crippen molar-refractivity contribution in [3.8, 4) is 0 Å². The molecule has 0 radical (unpaired) electrons. The van der Waals surface area contributed by atoms with Gasteiger partial charge in [0.2, 0.25) is 10.0 Å². The van der Waals surface area contributed by atoms with Crippen molar-refractivity contribution in [2.24, 2.45) is 23.2 Å². The molecule has 24 heavy (non-hydrogen) atoms. The van der Waals surface area contributed by atoms with Gasteiger partial charge in [0.15, 0.2) is 4.90 Å². The van der Waals surface area contributed by atoms with Gasteiger partial charge in [0.25, 0.3) is 5.69 Å². The number of nitrogens with one attached hydrogen (secondary N) is 1. The van der Waals surface area contributed by atoms with Crippen LogP contribution < -0.4 is 4.72 Å². The lowest BCUT2D eigenvalue weighted by molar-refractivity contribution is -0.387. The van der Waals surface area contributed by atoms with E-state index in [1.165, 1.54) is 43.5 Å². The second kappa shape index (κ2) is 5.52. The smallest absolute Gasteiger partial charge is 0.258 e. The Hall–Kier alpha value is -1.47. The summed E-state index contributed by atoms with van der Waals surface area (Å²) in [4.78, 5) is 10.2. The van der Waals surface area contributed by atoms with Crippen LogP contribution in [0, 0.1) is 33.3 Å². The molecule has 1 aromatic rings. The van der Waals surface area contributed by atoms with Gasteiger partial charge in [-0.3, -0.25) is 10.1 Å². The fourth-order valence-corrected chi connectivity index (χ4v) is 6.99. The average Bonchev–Trinajstić information content (AvgIpc) is 2.52. The third-order valence-electron chi connectivity index (χ3n) is 6.15. The Morgan fingerprint density at radius 3 is 2.17 bits per heavy atom. The Morgan fingerprint density at radius 1 is 1.08 bits per heavy atom. The Morgan fingerprint density at radius 2 is 1.62 bits per heavy atom. The minimum Gasteiger partial charge on any atom is -0.258 e. The number of nitro groups is 1. The minimum atomic E-state index is -3.87. The molecule has 4 saturated carbocycles. The first-order valence-electron chi connectivity index (χ1n) is 8.60. The zero-order valence-corrected chi connectivity index (χ0v) is 14.3. The van der Waals surface area contributed by atoms with E-state index >= 15 is 0 Å². The van der Waals surface area contributed by atoms with E-state index in [0.29, 0.717) is 6.54 Å². The Bertz CT molecular complexity index is 739. The number of sulfonamides is 1. The van der Waals surface area contributed by atoms with Gasteiger partial charge in [-0.2, -0.15) is 0 Å². The molecule has 0 spiro atoms. The van der Waals surface area contributed by atoms with Crippen LogP contribution in [0.3, 0.4) is 0 Å². The summed E-state index contributed by atoms with van der Waals surface area (Å²) < 4.78 is 28.0. The quantitative estimate of drug-likeness (QED) is 0.653. The molecular formula is C17H22N2O4S. The summed E-state index contributed by atoms with van der Waals surface area (Å²) in [5.41, 5.74) is -0.304. The number of nitrogens with zero attached hydrogens (tertiary/aromatic N) is 1. The standard InChI is InChI=1S/C17H22N2O4S/c20-19(21)15-3-1-2-4-16(15)24(22,23)18-11-17-8-12-5-13(9-17)7-14(6-12)10-17/h1-4,12-14,18H,5-11H2. The number of rotatable bonds is 5. The van der Waals surface area contributed by atoms with Crippen molar-refractivity contribution in [2.75, 3.05) is 6.54 Å². The fourth-order valence-electron chi connectivity index (χ4n) is 5.67. The van der Waals surface area contributed by atoms with Gasteiger partial charge < -0.3 is 0 Å². The van der Waals surface area contributed by atoms with Crippen molar-refractivity contribution < 1.29 is 13.3 Å². The normalized spacial score (nSPS) is 34.4. The summed E-state index contributed by atoms with van der Waals surface area (Å²) >= 11 is 0. The molecule has 4 aliphatic rings. The van der Waals surface area contributed by atoms with Crippen LogP contribution in [0.1, 0.15) is 38.5 Å². The molecule has 6 nitrogen and oxygen atoms in total. The van der Waals surface area contributed by atoms with Crippen LogP contribution in [0.15, 0.2) is 29.2 Å². The second-order valence-electron chi connectivity index (χ2n) is 7.97. The zero-order valence-electron chi connectivity index (χ0n) is 13.5. The minimum absolute atomic E-state index is 0.0609. The first kappa shape index (κ1) is 16.0. The monoisotopic (exact) mass is 350 g/mol. The molecule has 0 heterocycles. The second-order valence-corrected chi connectivity index (χ2v) is 9.70. The topological polar surface area (TPSA) is 89.3 Å². The predicted molar refractivity (Wildman–Crippen MR) is 88.9 cm³/mol. The summed E-state index contributed by atoms with van der Waals surface area (Å²) in [6.07, 6.45) is 7.19. The molecule has 7 heteroatoms. The highest BCUT2D eigenvalue weighted by Gasteiger charge is 2.51. The molecule has 4 aliphatic carbocycles. The van der Waals surface area contributed by atoms with Crippen LogP contribution >= 0.6 is 0 Å². The number of benzene rings is 1. The zero-order chi connectivity index (χ0) is 16.9. The molecule has 0 aliphatic heterocycles. The van der Waals surface area contributed by atoms with Gasteiger partial charge in [-0.05, 0) is 67.8 Å². The van der Waals surface area contributed by atoms with E-state index in [4.69, 9.17) is 0 Å². The Labute approximate surface area is 141 Å². The molecule has 0 amide bonds. The average molecular weight is 350 g/mol. The summed E-state index contributed by atoms with van der Waals surface area (Å²) in [7, 11) is -3.87. The van der Waals surface area contributed by atoms with Gasteiger partial charge in [-0.25, -0.2) is 13.1 Å². The van der Waals surface area contributed by atoms with Crippen LogP contribution in [0.4, 0.5) is 5.69 Å². The van der Waals surface area contributed by atoms with E-state index in [1.807, 2.05) is 0 Å². The van der Waals surface area contributed by atoms with Gasteiger partial charge in [0.05, 0.1) is 4.92 Å². The maximum atomic E-state index is 12.6. The third-order valence-corrected chi connectivity index (χ3v) is 7.60. The molecule has 130 valence electrons. The lowest BCUT2D eigenvalue weighted by atomic mass is 9.50. The summed E-state index contributed by atoms with van der Waals surface area (Å²) in [5, 5.41) is 11.1.